The topological polar surface area (TPSA) is 0 Å². The highest BCUT2D eigenvalue weighted by Gasteiger charge is 2.58. The van der Waals surface area contributed by atoms with Gasteiger partial charge in [-0.25, -0.2) is 0 Å². The van der Waals surface area contributed by atoms with Gasteiger partial charge in [-0.05, 0) is 85.2 Å². The summed E-state index contributed by atoms with van der Waals surface area (Å²) in [7, 11) is 0. The Morgan fingerprint density at radius 2 is 1.61 bits per heavy atom. The molecule has 8 atom stereocenters. The minimum Gasteiger partial charge on any atom is -0.161 e. The van der Waals surface area contributed by atoms with Crippen LogP contribution in [0, 0.1) is 47.3 Å². The van der Waals surface area contributed by atoms with Gasteiger partial charge in [0.2, 0.25) is 0 Å². The molecule has 164 valence electrons. The van der Waals surface area contributed by atoms with Crippen LogP contribution in [-0.2, 0) is 0 Å². The molecular weight excluding hydrogens is 376 g/mol. The lowest BCUT2D eigenvalue weighted by atomic mass is 9.59. The quantitative estimate of drug-likeness (QED) is 0.430. The van der Waals surface area contributed by atoms with Crippen LogP contribution in [-0.4, -0.2) is 9.83 Å². The molecular formula is C26H48S2. The Morgan fingerprint density at radius 3 is 2.36 bits per heavy atom. The van der Waals surface area contributed by atoms with Gasteiger partial charge in [0.1, 0.15) is 0 Å². The van der Waals surface area contributed by atoms with E-state index >= 15 is 0 Å². The van der Waals surface area contributed by atoms with E-state index in [1.165, 1.54) is 57.1 Å². The van der Waals surface area contributed by atoms with Crippen LogP contribution in [0.1, 0.15) is 105 Å². The fraction of sp³-hybridized carbons (Fsp3) is 1.00. The summed E-state index contributed by atoms with van der Waals surface area (Å²) < 4.78 is 0.305. The molecule has 0 amide bonds. The SMILES string of the molecule is CC.CC(C)CCCC(C)C1CCC2C3CCC4CCCCC4C3CSC12S. The largest absolute Gasteiger partial charge is 0.161 e. The molecule has 0 N–H and O–H groups in total. The van der Waals surface area contributed by atoms with E-state index in [0.29, 0.717) is 4.08 Å². The summed E-state index contributed by atoms with van der Waals surface area (Å²) in [6.07, 6.45) is 16.4. The van der Waals surface area contributed by atoms with Gasteiger partial charge in [-0.15, -0.1) is 11.8 Å². The zero-order chi connectivity index (χ0) is 20.3. The molecule has 3 aliphatic carbocycles. The Balaban J connectivity index is 0.00000109. The van der Waals surface area contributed by atoms with Crippen LogP contribution < -0.4 is 0 Å². The highest BCUT2D eigenvalue weighted by atomic mass is 32.2. The van der Waals surface area contributed by atoms with Gasteiger partial charge in [0.25, 0.3) is 0 Å². The van der Waals surface area contributed by atoms with E-state index in [4.69, 9.17) is 12.6 Å². The standard InChI is InChI=1S/C24H42S2.C2H6/c1-16(2)7-6-8-17(3)22-13-14-23-20-12-11-18-9-4-5-10-19(18)21(20)15-26-24(22,23)25;1-2/h16-23,25H,4-15H2,1-3H3;1-2H3. The Kier molecular flexibility index (Phi) is 8.63. The highest BCUT2D eigenvalue weighted by Crippen LogP contribution is 2.66. The highest BCUT2D eigenvalue weighted by molar-refractivity contribution is 8.11. The average Bonchev–Trinajstić information content (AvgIpc) is 3.06. The van der Waals surface area contributed by atoms with Crippen molar-refractivity contribution in [1.29, 1.82) is 0 Å². The predicted octanol–water partition coefficient (Wildman–Crippen LogP) is 8.71. The molecule has 4 aliphatic rings. The first-order valence-electron chi connectivity index (χ1n) is 12.9. The van der Waals surface area contributed by atoms with Gasteiger partial charge in [0.15, 0.2) is 0 Å². The molecule has 28 heavy (non-hydrogen) atoms. The second-order valence-corrected chi connectivity index (χ2v) is 13.1. The van der Waals surface area contributed by atoms with E-state index in [1.807, 2.05) is 13.8 Å². The fourth-order valence-electron chi connectivity index (χ4n) is 7.60. The molecule has 2 heteroatoms. The lowest BCUT2D eigenvalue weighted by Gasteiger charge is -2.55. The van der Waals surface area contributed by atoms with Crippen LogP contribution in [0.15, 0.2) is 0 Å². The monoisotopic (exact) mass is 424 g/mol. The molecule has 0 aromatic rings. The van der Waals surface area contributed by atoms with E-state index in [1.54, 1.807) is 19.3 Å². The smallest absolute Gasteiger partial charge is 0.0642 e. The number of hydrogen-bond acceptors (Lipinski definition) is 2. The third kappa shape index (κ3) is 4.63. The molecule has 3 saturated carbocycles. The number of hydrogen-bond donors (Lipinski definition) is 1. The Bertz CT molecular complexity index is 475. The maximum absolute atomic E-state index is 5.50. The van der Waals surface area contributed by atoms with E-state index in [2.05, 4.69) is 32.5 Å². The molecule has 0 aromatic carbocycles. The lowest BCUT2D eigenvalue weighted by Crippen LogP contribution is -2.50. The molecule has 0 bridgehead atoms. The zero-order valence-corrected chi connectivity index (χ0v) is 21.2. The second kappa shape index (κ2) is 10.3. The predicted molar refractivity (Wildman–Crippen MR) is 131 cm³/mol. The molecule has 1 saturated heterocycles. The molecule has 0 aromatic heterocycles. The van der Waals surface area contributed by atoms with Gasteiger partial charge in [-0.1, -0.05) is 73.1 Å². The van der Waals surface area contributed by atoms with Gasteiger partial charge in [-0.2, -0.15) is 12.6 Å². The summed E-state index contributed by atoms with van der Waals surface area (Å²) in [6.45, 7) is 11.3. The van der Waals surface area contributed by atoms with Crippen LogP contribution in [0.5, 0.6) is 0 Å². The molecule has 1 heterocycles. The number of thioether (sulfide) groups is 1. The normalized spacial score (nSPS) is 43.4. The van der Waals surface area contributed by atoms with Crippen molar-refractivity contribution in [3.8, 4) is 0 Å². The number of thiol groups is 1. The summed E-state index contributed by atoms with van der Waals surface area (Å²) in [6, 6.07) is 0. The van der Waals surface area contributed by atoms with Crippen molar-refractivity contribution < 1.29 is 0 Å². The Morgan fingerprint density at radius 1 is 0.857 bits per heavy atom. The third-order valence-electron chi connectivity index (χ3n) is 8.94. The first-order chi connectivity index (χ1) is 13.5. The van der Waals surface area contributed by atoms with Crippen LogP contribution >= 0.6 is 24.4 Å². The van der Waals surface area contributed by atoms with Crippen LogP contribution in [0.25, 0.3) is 0 Å². The van der Waals surface area contributed by atoms with Crippen molar-refractivity contribution in [3.63, 3.8) is 0 Å². The van der Waals surface area contributed by atoms with Gasteiger partial charge >= 0.3 is 0 Å². The minimum absolute atomic E-state index is 0.305. The van der Waals surface area contributed by atoms with Crippen molar-refractivity contribution in [1.82, 2.24) is 0 Å². The first-order valence-corrected chi connectivity index (χ1v) is 14.3. The van der Waals surface area contributed by atoms with E-state index < -0.39 is 0 Å². The van der Waals surface area contributed by atoms with Crippen LogP contribution in [0.2, 0.25) is 0 Å². The average molecular weight is 425 g/mol. The zero-order valence-electron chi connectivity index (χ0n) is 19.5. The molecule has 0 spiro atoms. The van der Waals surface area contributed by atoms with Gasteiger partial charge in [0.05, 0.1) is 4.08 Å². The summed E-state index contributed by atoms with van der Waals surface area (Å²) >= 11 is 7.82. The second-order valence-electron chi connectivity index (χ2n) is 10.8. The van der Waals surface area contributed by atoms with Crippen molar-refractivity contribution in [2.24, 2.45) is 47.3 Å². The summed E-state index contributed by atoms with van der Waals surface area (Å²) in [5.74, 6) is 9.15. The minimum atomic E-state index is 0.305. The molecule has 8 unspecified atom stereocenters. The Hall–Kier alpha value is 0.700. The van der Waals surface area contributed by atoms with Crippen LogP contribution in [0.3, 0.4) is 0 Å². The van der Waals surface area contributed by atoms with Crippen molar-refractivity contribution in [3.05, 3.63) is 0 Å². The maximum atomic E-state index is 5.50. The Labute approximate surface area is 186 Å². The maximum Gasteiger partial charge on any atom is 0.0642 e. The van der Waals surface area contributed by atoms with Gasteiger partial charge in [0, 0.05) is 0 Å². The molecule has 1 aliphatic heterocycles. The summed E-state index contributed by atoms with van der Waals surface area (Å²) in [5.41, 5.74) is 0. The lowest BCUT2D eigenvalue weighted by molar-refractivity contribution is 0.0322. The van der Waals surface area contributed by atoms with E-state index in [0.717, 1.165) is 47.3 Å². The van der Waals surface area contributed by atoms with Crippen molar-refractivity contribution >= 4 is 24.4 Å². The van der Waals surface area contributed by atoms with E-state index in [-0.39, 0.29) is 0 Å². The fourth-order valence-corrected chi connectivity index (χ4v) is 10.5. The van der Waals surface area contributed by atoms with Gasteiger partial charge in [-0.3, -0.25) is 0 Å². The van der Waals surface area contributed by atoms with Gasteiger partial charge < -0.3 is 0 Å². The number of fused-ring (bicyclic) bond motifs is 5. The van der Waals surface area contributed by atoms with E-state index in [9.17, 15) is 0 Å². The summed E-state index contributed by atoms with van der Waals surface area (Å²) in [4.78, 5) is 0. The van der Waals surface area contributed by atoms with Crippen LogP contribution in [0.4, 0.5) is 0 Å². The van der Waals surface area contributed by atoms with Crippen molar-refractivity contribution in [2.45, 2.75) is 109 Å². The molecule has 4 rings (SSSR count). The molecule has 4 fully saturated rings. The summed E-state index contributed by atoms with van der Waals surface area (Å²) in [5, 5.41) is 0. The molecule has 0 nitrogen and oxygen atoms in total. The number of rotatable bonds is 5. The van der Waals surface area contributed by atoms with Crippen molar-refractivity contribution in [2.75, 3.05) is 5.75 Å². The molecule has 0 radical (unpaired) electrons. The third-order valence-corrected chi connectivity index (χ3v) is 11.6. The first kappa shape index (κ1) is 23.4.